The number of nitrogens with zero attached hydrogens (tertiary/aromatic N) is 3. The minimum atomic E-state index is 1.16. The van der Waals surface area contributed by atoms with Crippen LogP contribution in [-0.4, -0.2) is 14.0 Å². The van der Waals surface area contributed by atoms with Crippen molar-refractivity contribution in [3.8, 4) is 27.9 Å². The van der Waals surface area contributed by atoms with Crippen molar-refractivity contribution in [1.29, 1.82) is 0 Å². The third kappa shape index (κ3) is 3.10. The average molecular weight is 436 g/mol. The Bertz CT molecular complexity index is 1810. The highest BCUT2D eigenvalue weighted by molar-refractivity contribution is 5.88. The molecule has 0 N–H and O–H groups in total. The van der Waals surface area contributed by atoms with Crippen LogP contribution in [0.3, 0.4) is 0 Å². The zero-order valence-electron chi connectivity index (χ0n) is 18.5. The Morgan fingerprint density at radius 1 is 0.559 bits per heavy atom. The highest BCUT2D eigenvalue weighted by Crippen LogP contribution is 2.30. The number of hydrogen-bond donors (Lipinski definition) is 0. The maximum Gasteiger partial charge on any atom is 0.0534 e. The number of fused-ring (bicyclic) bond motifs is 3. The summed E-state index contributed by atoms with van der Waals surface area (Å²) in [5.74, 6) is 0. The van der Waals surface area contributed by atoms with Gasteiger partial charge in [-0.05, 0) is 76.0 Å². The number of benzene rings is 3. The third-order valence-corrected chi connectivity index (χ3v) is 6.63. The fourth-order valence-corrected chi connectivity index (χ4v) is 4.82. The van der Waals surface area contributed by atoms with Crippen molar-refractivity contribution in [2.75, 3.05) is 0 Å². The molecule has 0 spiro atoms. The molecule has 34 heavy (non-hydrogen) atoms. The second kappa shape index (κ2) is 7.46. The lowest BCUT2D eigenvalue weighted by molar-refractivity contribution is 1.13. The number of aromatic nitrogens is 3. The molecule has 0 unspecified atom stereocenters. The Kier molecular flexibility index (Phi) is 4.15. The van der Waals surface area contributed by atoms with Gasteiger partial charge in [0.1, 0.15) is 0 Å². The molecular weight excluding hydrogens is 414 g/mol. The van der Waals surface area contributed by atoms with E-state index in [9.17, 15) is 0 Å². The van der Waals surface area contributed by atoms with E-state index in [-0.39, 0.29) is 0 Å². The largest absolute Gasteiger partial charge is 0.323 e. The van der Waals surface area contributed by atoms with Crippen molar-refractivity contribution < 1.29 is 0 Å². The fourth-order valence-electron chi connectivity index (χ4n) is 4.82. The topological polar surface area (TPSA) is 22.2 Å². The first-order valence-corrected chi connectivity index (χ1v) is 11.4. The van der Waals surface area contributed by atoms with Gasteiger partial charge in [0.2, 0.25) is 0 Å². The normalized spacial score (nSPS) is 11.5. The minimum absolute atomic E-state index is 1.16. The molecular formula is C31H21N3. The van der Waals surface area contributed by atoms with Gasteiger partial charge in [0.25, 0.3) is 0 Å². The van der Waals surface area contributed by atoms with Crippen LogP contribution >= 0.6 is 0 Å². The summed E-state index contributed by atoms with van der Waals surface area (Å²) in [5, 5.41) is 3.60. The van der Waals surface area contributed by atoms with Crippen LogP contribution in [0.2, 0.25) is 0 Å². The van der Waals surface area contributed by atoms with Crippen LogP contribution in [0.4, 0.5) is 0 Å². The van der Waals surface area contributed by atoms with Crippen molar-refractivity contribution in [3.63, 3.8) is 0 Å². The summed E-state index contributed by atoms with van der Waals surface area (Å²) in [6.45, 7) is 0. The second-order valence-electron chi connectivity index (χ2n) is 8.71. The van der Waals surface area contributed by atoms with Gasteiger partial charge in [0, 0.05) is 53.1 Å². The number of hydrogen-bond acceptors (Lipinski definition) is 1. The smallest absolute Gasteiger partial charge is 0.0534 e. The predicted octanol–water partition coefficient (Wildman–Crippen LogP) is 7.77. The molecule has 3 nitrogen and oxygen atoms in total. The van der Waals surface area contributed by atoms with E-state index in [1.165, 1.54) is 49.7 Å². The Labute approximate surface area is 197 Å². The summed E-state index contributed by atoms with van der Waals surface area (Å²) >= 11 is 0. The maximum atomic E-state index is 4.27. The molecule has 0 aliphatic carbocycles. The van der Waals surface area contributed by atoms with Gasteiger partial charge in [-0.15, -0.1) is 0 Å². The zero-order valence-corrected chi connectivity index (χ0v) is 18.5. The SMILES string of the molecule is c1ccc(-n2ccc3ccc(-c4cc5ccc(-c6ccc7ccncc7c6)cn5c4)cc32)cc1. The van der Waals surface area contributed by atoms with Gasteiger partial charge in [0.15, 0.2) is 0 Å². The van der Waals surface area contributed by atoms with Gasteiger partial charge >= 0.3 is 0 Å². The van der Waals surface area contributed by atoms with E-state index in [4.69, 9.17) is 0 Å². The van der Waals surface area contributed by atoms with Crippen LogP contribution in [0.25, 0.3) is 55.1 Å². The van der Waals surface area contributed by atoms with E-state index >= 15 is 0 Å². The standard InChI is InChI=1S/C31H21N3/c1-2-4-29(5-3-1)34-15-13-23-7-9-25(18-31(23)34)28-17-30-11-10-26(20-33(30)21-28)24-8-6-22-12-14-32-19-27(22)16-24/h1-21H. The molecule has 0 aliphatic rings. The lowest BCUT2D eigenvalue weighted by Gasteiger charge is -2.06. The number of pyridine rings is 2. The maximum absolute atomic E-state index is 4.27. The van der Waals surface area contributed by atoms with Crippen molar-refractivity contribution in [2.45, 2.75) is 0 Å². The van der Waals surface area contributed by atoms with Gasteiger partial charge in [0.05, 0.1) is 5.52 Å². The number of para-hydroxylation sites is 1. The lowest BCUT2D eigenvalue weighted by Crippen LogP contribution is -1.91. The van der Waals surface area contributed by atoms with Crippen molar-refractivity contribution >= 4 is 27.2 Å². The Hall–Kier alpha value is -4.63. The molecule has 7 aromatic rings. The first-order chi connectivity index (χ1) is 16.8. The van der Waals surface area contributed by atoms with Crippen LogP contribution < -0.4 is 0 Å². The molecule has 160 valence electrons. The van der Waals surface area contributed by atoms with Crippen LogP contribution in [-0.2, 0) is 0 Å². The zero-order chi connectivity index (χ0) is 22.5. The third-order valence-electron chi connectivity index (χ3n) is 6.63. The molecule has 0 radical (unpaired) electrons. The Morgan fingerprint density at radius 2 is 1.35 bits per heavy atom. The average Bonchev–Trinajstić information content (AvgIpc) is 3.52. The molecule has 7 rings (SSSR count). The van der Waals surface area contributed by atoms with Crippen LogP contribution in [0, 0.1) is 0 Å². The fraction of sp³-hybridized carbons (Fsp3) is 0. The Morgan fingerprint density at radius 3 is 2.26 bits per heavy atom. The quantitative estimate of drug-likeness (QED) is 0.278. The van der Waals surface area contributed by atoms with Gasteiger partial charge < -0.3 is 8.97 Å². The molecule has 0 fully saturated rings. The monoisotopic (exact) mass is 435 g/mol. The second-order valence-corrected chi connectivity index (χ2v) is 8.71. The Balaban J connectivity index is 1.30. The summed E-state index contributed by atoms with van der Waals surface area (Å²) in [4.78, 5) is 4.27. The predicted molar refractivity (Wildman–Crippen MR) is 140 cm³/mol. The number of rotatable bonds is 3. The van der Waals surface area contributed by atoms with E-state index in [1.54, 1.807) is 0 Å². The molecule has 0 saturated carbocycles. The van der Waals surface area contributed by atoms with Crippen LogP contribution in [0.15, 0.2) is 128 Å². The molecule has 3 heteroatoms. The van der Waals surface area contributed by atoms with E-state index in [0.717, 1.165) is 5.39 Å². The molecule has 4 heterocycles. The summed E-state index contributed by atoms with van der Waals surface area (Å²) in [6, 6.07) is 34.6. The molecule has 0 aliphatic heterocycles. The highest BCUT2D eigenvalue weighted by atomic mass is 15.0. The van der Waals surface area contributed by atoms with E-state index in [0.29, 0.717) is 0 Å². The summed E-state index contributed by atoms with van der Waals surface area (Å²) in [7, 11) is 0. The summed E-state index contributed by atoms with van der Waals surface area (Å²) in [6.07, 6.45) is 10.3. The minimum Gasteiger partial charge on any atom is -0.323 e. The van der Waals surface area contributed by atoms with Crippen LogP contribution in [0.5, 0.6) is 0 Å². The van der Waals surface area contributed by atoms with E-state index in [1.807, 2.05) is 18.5 Å². The molecule has 0 saturated heterocycles. The molecule has 0 atom stereocenters. The van der Waals surface area contributed by atoms with E-state index in [2.05, 4.69) is 124 Å². The van der Waals surface area contributed by atoms with Gasteiger partial charge in [-0.25, -0.2) is 0 Å². The van der Waals surface area contributed by atoms with Gasteiger partial charge in [-0.1, -0.05) is 48.5 Å². The molecule has 4 aromatic heterocycles. The molecule has 3 aromatic carbocycles. The van der Waals surface area contributed by atoms with E-state index < -0.39 is 0 Å². The summed E-state index contributed by atoms with van der Waals surface area (Å²) in [5.41, 5.74) is 8.37. The van der Waals surface area contributed by atoms with Gasteiger partial charge in [-0.3, -0.25) is 4.98 Å². The molecule has 0 bridgehead atoms. The van der Waals surface area contributed by atoms with Crippen molar-refractivity contribution in [1.82, 2.24) is 14.0 Å². The van der Waals surface area contributed by atoms with Gasteiger partial charge in [-0.2, -0.15) is 0 Å². The first-order valence-electron chi connectivity index (χ1n) is 11.4. The summed E-state index contributed by atoms with van der Waals surface area (Å²) < 4.78 is 4.47. The van der Waals surface area contributed by atoms with Crippen LogP contribution in [0.1, 0.15) is 0 Å². The van der Waals surface area contributed by atoms with Crippen molar-refractivity contribution in [2.24, 2.45) is 0 Å². The molecule has 0 amide bonds. The first kappa shape index (κ1) is 18.9. The lowest BCUT2D eigenvalue weighted by atomic mass is 10.0. The van der Waals surface area contributed by atoms with Crippen molar-refractivity contribution in [3.05, 3.63) is 128 Å². The highest BCUT2D eigenvalue weighted by Gasteiger charge is 2.09.